The molecular weight excluding hydrogens is 296 g/mol. The summed E-state index contributed by atoms with van der Waals surface area (Å²) >= 11 is 0. The number of nitrogens with zero attached hydrogens (tertiary/aromatic N) is 1. The molecule has 1 N–H and O–H groups in total. The number of nitrogens with one attached hydrogen (secondary N) is 1. The van der Waals surface area contributed by atoms with E-state index < -0.39 is 0 Å². The maximum absolute atomic E-state index is 12.5. The third-order valence-corrected chi connectivity index (χ3v) is 3.96. The molecule has 0 spiro atoms. The molecule has 1 aliphatic heterocycles. The molecule has 2 rings (SSSR count). The number of amides is 2. The van der Waals surface area contributed by atoms with Crippen molar-refractivity contribution in [2.24, 2.45) is 0 Å². The highest BCUT2D eigenvalue weighted by Crippen LogP contribution is 2.20. The summed E-state index contributed by atoms with van der Waals surface area (Å²) in [5.41, 5.74) is 1.55. The summed E-state index contributed by atoms with van der Waals surface area (Å²) < 4.78 is 10.2. The van der Waals surface area contributed by atoms with Crippen LogP contribution in [0, 0.1) is 6.92 Å². The molecule has 1 aromatic rings. The fourth-order valence-electron chi connectivity index (χ4n) is 2.68. The summed E-state index contributed by atoms with van der Waals surface area (Å²) in [6, 6.07) is 5.58. The Labute approximate surface area is 136 Å². The summed E-state index contributed by atoms with van der Waals surface area (Å²) in [4.78, 5) is 25.8. The molecule has 0 bridgehead atoms. The molecule has 1 heterocycles. The Balaban J connectivity index is 1.93. The molecule has 6 heteroatoms. The van der Waals surface area contributed by atoms with Crippen molar-refractivity contribution in [1.29, 1.82) is 0 Å². The Kier molecular flexibility index (Phi) is 5.84. The van der Waals surface area contributed by atoms with Crippen LogP contribution in [-0.2, 0) is 4.74 Å². The Morgan fingerprint density at radius 3 is 2.61 bits per heavy atom. The van der Waals surface area contributed by atoms with Crippen molar-refractivity contribution in [2.75, 3.05) is 26.8 Å². The molecule has 0 radical (unpaired) electrons. The van der Waals surface area contributed by atoms with Gasteiger partial charge in [0.15, 0.2) is 0 Å². The second kappa shape index (κ2) is 7.85. The van der Waals surface area contributed by atoms with Crippen LogP contribution in [0.5, 0.6) is 5.75 Å². The van der Waals surface area contributed by atoms with E-state index in [1.165, 1.54) is 0 Å². The highest BCUT2D eigenvalue weighted by atomic mass is 16.6. The van der Waals surface area contributed by atoms with Gasteiger partial charge in [-0.1, -0.05) is 11.6 Å². The third-order valence-electron chi connectivity index (χ3n) is 3.96. The highest BCUT2D eigenvalue weighted by Gasteiger charge is 2.25. The van der Waals surface area contributed by atoms with E-state index in [9.17, 15) is 9.59 Å². The van der Waals surface area contributed by atoms with E-state index in [1.54, 1.807) is 25.0 Å². The molecule has 6 nitrogen and oxygen atoms in total. The van der Waals surface area contributed by atoms with Crippen molar-refractivity contribution in [3.8, 4) is 5.75 Å². The van der Waals surface area contributed by atoms with E-state index in [1.807, 2.05) is 19.1 Å². The fraction of sp³-hybridized carbons (Fsp3) is 0.529. The first-order valence-electron chi connectivity index (χ1n) is 7.92. The van der Waals surface area contributed by atoms with Gasteiger partial charge in [0, 0.05) is 19.1 Å². The lowest BCUT2D eigenvalue weighted by Gasteiger charge is -2.31. The molecule has 0 atom stereocenters. The van der Waals surface area contributed by atoms with Gasteiger partial charge in [-0.25, -0.2) is 4.79 Å². The minimum Gasteiger partial charge on any atom is -0.496 e. The van der Waals surface area contributed by atoms with Gasteiger partial charge in [0.05, 0.1) is 19.3 Å². The second-order valence-corrected chi connectivity index (χ2v) is 5.64. The molecule has 1 aliphatic rings. The number of carbonyl (C=O) groups excluding carboxylic acids is 2. The monoisotopic (exact) mass is 320 g/mol. The van der Waals surface area contributed by atoms with Gasteiger partial charge >= 0.3 is 6.09 Å². The van der Waals surface area contributed by atoms with E-state index in [0.29, 0.717) is 31.0 Å². The van der Waals surface area contributed by atoms with Crippen LogP contribution in [0.4, 0.5) is 4.79 Å². The van der Waals surface area contributed by atoms with Crippen molar-refractivity contribution in [1.82, 2.24) is 10.2 Å². The normalized spacial score (nSPS) is 15.2. The van der Waals surface area contributed by atoms with Crippen LogP contribution in [0.15, 0.2) is 18.2 Å². The first kappa shape index (κ1) is 17.1. The summed E-state index contributed by atoms with van der Waals surface area (Å²) in [5.74, 6) is 0.428. The number of aryl methyl sites for hydroxylation is 1. The smallest absolute Gasteiger partial charge is 0.409 e. The van der Waals surface area contributed by atoms with Crippen molar-refractivity contribution in [3.05, 3.63) is 29.3 Å². The molecule has 0 unspecified atom stereocenters. The molecular formula is C17H24N2O4. The standard InChI is InChI=1S/C17H24N2O4/c1-4-23-17(21)19-9-7-13(8-10-19)18-16(20)14-11-12(2)5-6-15(14)22-3/h5-6,11,13H,4,7-10H2,1-3H3,(H,18,20). The Bertz CT molecular complexity index is 566. The number of hydrogen-bond acceptors (Lipinski definition) is 4. The molecule has 1 saturated heterocycles. The largest absolute Gasteiger partial charge is 0.496 e. The van der Waals surface area contributed by atoms with Crippen LogP contribution in [0.3, 0.4) is 0 Å². The lowest BCUT2D eigenvalue weighted by molar-refractivity contribution is 0.0858. The van der Waals surface area contributed by atoms with Crippen molar-refractivity contribution in [3.63, 3.8) is 0 Å². The molecule has 1 aromatic carbocycles. The first-order chi connectivity index (χ1) is 11.0. The topological polar surface area (TPSA) is 67.9 Å². The fourth-order valence-corrected chi connectivity index (χ4v) is 2.68. The van der Waals surface area contributed by atoms with Gasteiger partial charge in [-0.3, -0.25) is 4.79 Å². The van der Waals surface area contributed by atoms with E-state index in [0.717, 1.165) is 18.4 Å². The average Bonchev–Trinajstić information content (AvgIpc) is 2.55. The third kappa shape index (κ3) is 4.37. The zero-order valence-electron chi connectivity index (χ0n) is 13.9. The predicted molar refractivity (Wildman–Crippen MR) is 86.8 cm³/mol. The predicted octanol–water partition coefficient (Wildman–Crippen LogP) is 2.35. The van der Waals surface area contributed by atoms with Gasteiger partial charge in [-0.05, 0) is 38.8 Å². The van der Waals surface area contributed by atoms with E-state index in [2.05, 4.69) is 5.32 Å². The van der Waals surface area contributed by atoms with Crippen molar-refractivity contribution < 1.29 is 19.1 Å². The maximum atomic E-state index is 12.5. The Morgan fingerprint density at radius 1 is 1.30 bits per heavy atom. The number of ether oxygens (including phenoxy) is 2. The van der Waals surface area contributed by atoms with E-state index in [4.69, 9.17) is 9.47 Å². The quantitative estimate of drug-likeness (QED) is 0.925. The average molecular weight is 320 g/mol. The summed E-state index contributed by atoms with van der Waals surface area (Å²) in [7, 11) is 1.55. The molecule has 23 heavy (non-hydrogen) atoms. The molecule has 0 aliphatic carbocycles. The van der Waals surface area contributed by atoms with Crippen LogP contribution < -0.4 is 10.1 Å². The summed E-state index contributed by atoms with van der Waals surface area (Å²) in [6.07, 6.45) is 1.16. The minimum atomic E-state index is -0.280. The minimum absolute atomic E-state index is 0.0541. The van der Waals surface area contributed by atoms with Crippen LogP contribution >= 0.6 is 0 Å². The number of methoxy groups -OCH3 is 1. The van der Waals surface area contributed by atoms with Crippen LogP contribution in [0.1, 0.15) is 35.7 Å². The summed E-state index contributed by atoms with van der Waals surface area (Å²) in [5, 5.41) is 3.03. The summed E-state index contributed by atoms with van der Waals surface area (Å²) in [6.45, 7) is 5.29. The van der Waals surface area contributed by atoms with Gasteiger partial charge in [-0.2, -0.15) is 0 Å². The van der Waals surface area contributed by atoms with E-state index in [-0.39, 0.29) is 18.0 Å². The number of piperidine rings is 1. The van der Waals surface area contributed by atoms with Gasteiger partial charge in [0.2, 0.25) is 0 Å². The van der Waals surface area contributed by atoms with Gasteiger partial charge in [0.25, 0.3) is 5.91 Å². The van der Waals surface area contributed by atoms with E-state index >= 15 is 0 Å². The van der Waals surface area contributed by atoms with Gasteiger partial charge < -0.3 is 19.7 Å². The molecule has 0 saturated carbocycles. The molecule has 0 aromatic heterocycles. The van der Waals surface area contributed by atoms with Crippen molar-refractivity contribution >= 4 is 12.0 Å². The number of benzene rings is 1. The zero-order chi connectivity index (χ0) is 16.8. The Hall–Kier alpha value is -2.24. The number of likely N-dealkylation sites (tertiary alicyclic amines) is 1. The molecule has 126 valence electrons. The molecule has 1 fully saturated rings. The lowest BCUT2D eigenvalue weighted by Crippen LogP contribution is -2.46. The van der Waals surface area contributed by atoms with Gasteiger partial charge in [-0.15, -0.1) is 0 Å². The second-order valence-electron chi connectivity index (χ2n) is 5.64. The highest BCUT2D eigenvalue weighted by molar-refractivity contribution is 5.97. The number of rotatable bonds is 4. The number of carbonyl (C=O) groups is 2. The van der Waals surface area contributed by atoms with Crippen LogP contribution in [-0.4, -0.2) is 49.7 Å². The van der Waals surface area contributed by atoms with Crippen molar-refractivity contribution in [2.45, 2.75) is 32.7 Å². The Morgan fingerprint density at radius 2 is 2.00 bits per heavy atom. The van der Waals surface area contributed by atoms with Gasteiger partial charge in [0.1, 0.15) is 5.75 Å². The SMILES string of the molecule is CCOC(=O)N1CCC(NC(=O)c2cc(C)ccc2OC)CC1. The zero-order valence-corrected chi connectivity index (χ0v) is 13.9. The maximum Gasteiger partial charge on any atom is 0.409 e. The first-order valence-corrected chi connectivity index (χ1v) is 7.92. The van der Waals surface area contributed by atoms with Crippen LogP contribution in [0.25, 0.3) is 0 Å². The van der Waals surface area contributed by atoms with Crippen LogP contribution in [0.2, 0.25) is 0 Å². The molecule has 2 amide bonds. The lowest BCUT2D eigenvalue weighted by atomic mass is 10.0. The number of hydrogen-bond donors (Lipinski definition) is 1.